The summed E-state index contributed by atoms with van der Waals surface area (Å²) in [6, 6.07) is 0. The van der Waals surface area contributed by atoms with E-state index in [0.29, 0.717) is 5.41 Å². The van der Waals surface area contributed by atoms with Gasteiger partial charge in [-0.25, -0.2) is 0 Å². The molecule has 1 rings (SSSR count). The van der Waals surface area contributed by atoms with Crippen LogP contribution in [0.15, 0.2) is 0 Å². The zero-order chi connectivity index (χ0) is 9.03. The molecule has 0 heterocycles. The van der Waals surface area contributed by atoms with Gasteiger partial charge in [-0.15, -0.1) is 0 Å². The van der Waals surface area contributed by atoms with Crippen molar-refractivity contribution in [2.45, 2.75) is 65.7 Å². The van der Waals surface area contributed by atoms with Crippen LogP contribution in [0.3, 0.4) is 0 Å². The lowest BCUT2D eigenvalue weighted by molar-refractivity contribution is 0.127. The van der Waals surface area contributed by atoms with Crippen LogP contribution < -0.4 is 0 Å². The van der Waals surface area contributed by atoms with Crippen molar-refractivity contribution in [3.8, 4) is 0 Å². The van der Waals surface area contributed by atoms with E-state index in [1.807, 2.05) is 0 Å². The highest BCUT2D eigenvalue weighted by Crippen LogP contribution is 2.42. The minimum Gasteiger partial charge on any atom is -0.0654 e. The molecule has 1 aliphatic carbocycles. The van der Waals surface area contributed by atoms with Crippen LogP contribution in [0.1, 0.15) is 65.7 Å². The molecule has 0 heteroatoms. The lowest BCUT2D eigenvalue weighted by Crippen LogP contribution is -2.27. The number of rotatable bonds is 3. The van der Waals surface area contributed by atoms with E-state index in [1.165, 1.54) is 44.9 Å². The van der Waals surface area contributed by atoms with Crippen LogP contribution in [-0.4, -0.2) is 0 Å². The molecule has 0 spiro atoms. The Bertz CT molecular complexity index is 124. The Kier molecular flexibility index (Phi) is 3.61. The van der Waals surface area contributed by atoms with Crippen LogP contribution in [0.5, 0.6) is 0 Å². The molecular weight excluding hydrogens is 144 g/mol. The molecule has 1 atom stereocenters. The predicted molar refractivity (Wildman–Crippen MR) is 55.3 cm³/mol. The summed E-state index contributed by atoms with van der Waals surface area (Å²) in [5, 5.41) is 0. The van der Waals surface area contributed by atoms with Gasteiger partial charge in [-0.2, -0.15) is 0 Å². The minimum absolute atomic E-state index is 0.646. The Labute approximate surface area is 77.7 Å². The molecule has 1 fully saturated rings. The summed E-state index contributed by atoms with van der Waals surface area (Å²) in [4.78, 5) is 0. The average molecular weight is 168 g/mol. The van der Waals surface area contributed by atoms with Crippen molar-refractivity contribution in [2.75, 3.05) is 0 Å². The first-order valence-corrected chi connectivity index (χ1v) is 5.67. The summed E-state index contributed by atoms with van der Waals surface area (Å²) >= 11 is 0. The first kappa shape index (κ1) is 10.1. The van der Waals surface area contributed by atoms with Gasteiger partial charge in [0.25, 0.3) is 0 Å². The Hall–Kier alpha value is 0. The van der Waals surface area contributed by atoms with Crippen LogP contribution >= 0.6 is 0 Å². The molecule has 0 N–H and O–H groups in total. The summed E-state index contributed by atoms with van der Waals surface area (Å²) in [7, 11) is 0. The molecule has 1 unspecified atom stereocenters. The summed E-state index contributed by atoms with van der Waals surface area (Å²) in [5.74, 6) is 1.02. The Morgan fingerprint density at radius 1 is 1.25 bits per heavy atom. The van der Waals surface area contributed by atoms with E-state index in [2.05, 4.69) is 20.8 Å². The third kappa shape index (κ3) is 2.50. The molecular formula is C12H24. The summed E-state index contributed by atoms with van der Waals surface area (Å²) in [6.45, 7) is 7.23. The summed E-state index contributed by atoms with van der Waals surface area (Å²) in [6.07, 6.45) is 10.2. The Balaban J connectivity index is 2.37. The smallest absolute Gasteiger partial charge is 0.0326 e. The molecule has 12 heavy (non-hydrogen) atoms. The summed E-state index contributed by atoms with van der Waals surface area (Å²) < 4.78 is 0. The topological polar surface area (TPSA) is 0 Å². The summed E-state index contributed by atoms with van der Waals surface area (Å²) in [5.41, 5.74) is 0.646. The van der Waals surface area contributed by atoms with E-state index in [-0.39, 0.29) is 0 Å². The maximum absolute atomic E-state index is 2.46. The zero-order valence-corrected chi connectivity index (χ0v) is 9.03. The zero-order valence-electron chi connectivity index (χ0n) is 9.03. The highest BCUT2D eigenvalue weighted by molar-refractivity contribution is 4.82. The molecule has 72 valence electrons. The van der Waals surface area contributed by atoms with E-state index in [9.17, 15) is 0 Å². The average Bonchev–Trinajstić information content (AvgIpc) is 2.02. The lowest BCUT2D eigenvalue weighted by atomic mass is 9.67. The fourth-order valence-electron chi connectivity index (χ4n) is 2.55. The molecule has 0 saturated heterocycles. The molecule has 0 bridgehead atoms. The fourth-order valence-corrected chi connectivity index (χ4v) is 2.55. The Morgan fingerprint density at radius 3 is 2.58 bits per heavy atom. The van der Waals surface area contributed by atoms with Gasteiger partial charge in [0.2, 0.25) is 0 Å². The number of hydrogen-bond donors (Lipinski definition) is 0. The molecule has 0 aromatic carbocycles. The second-order valence-corrected chi connectivity index (χ2v) is 5.07. The van der Waals surface area contributed by atoms with E-state index < -0.39 is 0 Å². The van der Waals surface area contributed by atoms with Gasteiger partial charge in [0.15, 0.2) is 0 Å². The number of unbranched alkanes of at least 4 members (excludes halogenated alkanes) is 1. The van der Waals surface area contributed by atoms with Crippen LogP contribution in [-0.2, 0) is 0 Å². The van der Waals surface area contributed by atoms with Crippen LogP contribution in [0.2, 0.25) is 0 Å². The van der Waals surface area contributed by atoms with E-state index in [4.69, 9.17) is 0 Å². The monoisotopic (exact) mass is 168 g/mol. The molecule has 0 radical (unpaired) electrons. The second kappa shape index (κ2) is 4.30. The van der Waals surface area contributed by atoms with Gasteiger partial charge in [-0.1, -0.05) is 46.5 Å². The first-order valence-electron chi connectivity index (χ1n) is 5.67. The van der Waals surface area contributed by atoms with Crippen molar-refractivity contribution in [1.29, 1.82) is 0 Å². The van der Waals surface area contributed by atoms with Crippen molar-refractivity contribution in [3.63, 3.8) is 0 Å². The van der Waals surface area contributed by atoms with Gasteiger partial charge in [0.05, 0.1) is 0 Å². The maximum Gasteiger partial charge on any atom is -0.0326 e. The molecule has 1 aliphatic rings. The second-order valence-electron chi connectivity index (χ2n) is 5.07. The van der Waals surface area contributed by atoms with Crippen molar-refractivity contribution in [3.05, 3.63) is 0 Å². The largest absolute Gasteiger partial charge is 0.0654 e. The number of hydrogen-bond acceptors (Lipinski definition) is 0. The molecule has 0 amide bonds. The SMILES string of the molecule is CCCCC1CCCCC1(C)C. The van der Waals surface area contributed by atoms with Gasteiger partial charge in [-0.3, -0.25) is 0 Å². The van der Waals surface area contributed by atoms with E-state index in [0.717, 1.165) is 5.92 Å². The minimum atomic E-state index is 0.646. The highest BCUT2D eigenvalue weighted by atomic mass is 14.4. The van der Waals surface area contributed by atoms with Crippen molar-refractivity contribution >= 4 is 0 Å². The quantitative estimate of drug-likeness (QED) is 0.586. The van der Waals surface area contributed by atoms with Gasteiger partial charge in [0.1, 0.15) is 0 Å². The first-order chi connectivity index (χ1) is 5.67. The molecule has 0 aromatic heterocycles. The van der Waals surface area contributed by atoms with Gasteiger partial charge in [0, 0.05) is 0 Å². The van der Waals surface area contributed by atoms with Crippen molar-refractivity contribution < 1.29 is 0 Å². The third-order valence-electron chi connectivity index (χ3n) is 3.64. The van der Waals surface area contributed by atoms with Crippen LogP contribution in [0, 0.1) is 11.3 Å². The van der Waals surface area contributed by atoms with E-state index in [1.54, 1.807) is 0 Å². The van der Waals surface area contributed by atoms with Gasteiger partial charge >= 0.3 is 0 Å². The van der Waals surface area contributed by atoms with Crippen LogP contribution in [0.25, 0.3) is 0 Å². The van der Waals surface area contributed by atoms with E-state index >= 15 is 0 Å². The maximum atomic E-state index is 2.46. The predicted octanol–water partition coefficient (Wildman–Crippen LogP) is 4.39. The van der Waals surface area contributed by atoms with Gasteiger partial charge < -0.3 is 0 Å². The molecule has 0 aromatic rings. The molecule has 0 nitrogen and oxygen atoms in total. The van der Waals surface area contributed by atoms with Crippen molar-refractivity contribution in [1.82, 2.24) is 0 Å². The standard InChI is InChI=1S/C12H24/c1-4-5-8-11-9-6-7-10-12(11,2)3/h11H,4-10H2,1-3H3. The normalized spacial score (nSPS) is 28.8. The Morgan fingerprint density at radius 2 is 2.00 bits per heavy atom. The fraction of sp³-hybridized carbons (Fsp3) is 1.00. The molecule has 0 aliphatic heterocycles. The van der Waals surface area contributed by atoms with Crippen molar-refractivity contribution in [2.24, 2.45) is 11.3 Å². The lowest BCUT2D eigenvalue weighted by Gasteiger charge is -2.38. The highest BCUT2D eigenvalue weighted by Gasteiger charge is 2.30. The van der Waals surface area contributed by atoms with Gasteiger partial charge in [-0.05, 0) is 30.6 Å². The molecule has 1 saturated carbocycles. The third-order valence-corrected chi connectivity index (χ3v) is 3.64. The van der Waals surface area contributed by atoms with Crippen LogP contribution in [0.4, 0.5) is 0 Å².